The van der Waals surface area contributed by atoms with Gasteiger partial charge in [-0.25, -0.2) is 24.0 Å². The fourth-order valence-corrected chi connectivity index (χ4v) is 6.04. The van der Waals surface area contributed by atoms with Gasteiger partial charge in [-0.05, 0) is 65.9 Å². The molecule has 0 radical (unpaired) electrons. The van der Waals surface area contributed by atoms with Crippen LogP contribution in [0.4, 0.5) is 4.39 Å². The molecule has 9 nitrogen and oxygen atoms in total. The summed E-state index contributed by atoms with van der Waals surface area (Å²) >= 11 is 4.82. The van der Waals surface area contributed by atoms with Gasteiger partial charge in [0.2, 0.25) is 0 Å². The average molecular weight is 567 g/mol. The molecule has 5 heterocycles. The SMILES string of the molecule is O=C(N[C@H]1CCC[C@@H](n2c(-c3ncccc3F)nc3cnc(-n4ccnn4)cc32)C1)c1ccc(Br)s1. The normalized spacial score (nSPS) is 17.9. The van der Waals surface area contributed by atoms with Gasteiger partial charge in [0.1, 0.15) is 11.2 Å². The van der Waals surface area contributed by atoms with Crippen molar-refractivity contribution in [2.45, 2.75) is 37.8 Å². The van der Waals surface area contributed by atoms with E-state index in [9.17, 15) is 9.18 Å². The molecule has 0 bridgehead atoms. The van der Waals surface area contributed by atoms with Crippen LogP contribution >= 0.6 is 27.3 Å². The largest absolute Gasteiger partial charge is 0.349 e. The summed E-state index contributed by atoms with van der Waals surface area (Å²) in [6.07, 6.45) is 9.85. The number of aromatic nitrogens is 7. The monoisotopic (exact) mass is 566 g/mol. The summed E-state index contributed by atoms with van der Waals surface area (Å²) in [5, 5.41) is 11.1. The fourth-order valence-electron chi connectivity index (χ4n) is 4.75. The van der Waals surface area contributed by atoms with Crippen LogP contribution in [0.1, 0.15) is 41.4 Å². The van der Waals surface area contributed by atoms with Gasteiger partial charge in [0.15, 0.2) is 17.5 Å². The van der Waals surface area contributed by atoms with Crippen molar-refractivity contribution in [3.05, 3.63) is 69.6 Å². The van der Waals surface area contributed by atoms with Gasteiger partial charge >= 0.3 is 0 Å². The lowest BCUT2D eigenvalue weighted by atomic mass is 9.90. The number of rotatable bonds is 5. The molecule has 1 amide bonds. The molecule has 1 fully saturated rings. The summed E-state index contributed by atoms with van der Waals surface area (Å²) in [4.78, 5) is 27.0. The first-order valence-electron chi connectivity index (χ1n) is 11.5. The highest BCUT2D eigenvalue weighted by molar-refractivity contribution is 9.11. The van der Waals surface area contributed by atoms with Crippen LogP contribution in [0.3, 0.4) is 0 Å². The molecule has 0 unspecified atom stereocenters. The van der Waals surface area contributed by atoms with Crippen LogP contribution in [0.2, 0.25) is 0 Å². The number of halogens is 2. The summed E-state index contributed by atoms with van der Waals surface area (Å²) in [5.41, 5.74) is 1.62. The number of nitrogens with one attached hydrogen (secondary N) is 1. The van der Waals surface area contributed by atoms with Crippen molar-refractivity contribution in [3.8, 4) is 17.3 Å². The number of thiophene rings is 1. The van der Waals surface area contributed by atoms with Gasteiger partial charge in [0, 0.05) is 24.3 Å². The minimum Gasteiger partial charge on any atom is -0.349 e. The van der Waals surface area contributed by atoms with Crippen LogP contribution in [0, 0.1) is 5.82 Å². The van der Waals surface area contributed by atoms with Crippen LogP contribution in [0.25, 0.3) is 28.4 Å². The number of imidazole rings is 1. The maximum absolute atomic E-state index is 14.9. The third-order valence-corrected chi connectivity index (χ3v) is 7.96. The second kappa shape index (κ2) is 9.51. The number of hydrogen-bond donors (Lipinski definition) is 1. The lowest BCUT2D eigenvalue weighted by Gasteiger charge is -2.32. The number of nitrogens with zero attached hydrogens (tertiary/aromatic N) is 7. The van der Waals surface area contributed by atoms with E-state index in [-0.39, 0.29) is 23.7 Å². The van der Waals surface area contributed by atoms with Crippen molar-refractivity contribution in [2.75, 3.05) is 0 Å². The van der Waals surface area contributed by atoms with E-state index in [2.05, 4.69) is 41.5 Å². The lowest BCUT2D eigenvalue weighted by Crippen LogP contribution is -2.38. The average Bonchev–Trinajstić information content (AvgIpc) is 3.64. The predicted octanol–water partition coefficient (Wildman–Crippen LogP) is 4.95. The highest BCUT2D eigenvalue weighted by atomic mass is 79.9. The van der Waals surface area contributed by atoms with Gasteiger partial charge < -0.3 is 9.88 Å². The van der Waals surface area contributed by atoms with E-state index in [1.165, 1.54) is 17.4 Å². The number of fused-ring (bicyclic) bond motifs is 1. The van der Waals surface area contributed by atoms with Gasteiger partial charge in [-0.15, -0.1) is 16.4 Å². The Kier molecular flexibility index (Phi) is 6.05. The summed E-state index contributed by atoms with van der Waals surface area (Å²) < 4.78 is 19.4. The van der Waals surface area contributed by atoms with Gasteiger partial charge in [0.25, 0.3) is 5.91 Å². The minimum atomic E-state index is -0.442. The molecule has 5 aromatic rings. The quantitative estimate of drug-likeness (QED) is 0.323. The van der Waals surface area contributed by atoms with Crippen LogP contribution < -0.4 is 5.32 Å². The fraction of sp³-hybridized carbons (Fsp3) is 0.250. The van der Waals surface area contributed by atoms with Crippen molar-refractivity contribution >= 4 is 44.2 Å². The zero-order valence-electron chi connectivity index (χ0n) is 18.9. The Labute approximate surface area is 217 Å². The Morgan fingerprint density at radius 1 is 1.19 bits per heavy atom. The molecule has 0 aliphatic heterocycles. The molecule has 182 valence electrons. The van der Waals surface area contributed by atoms with E-state index in [1.54, 1.807) is 35.5 Å². The van der Waals surface area contributed by atoms with Crippen molar-refractivity contribution < 1.29 is 9.18 Å². The number of carbonyl (C=O) groups excluding carboxylic acids is 1. The lowest BCUT2D eigenvalue weighted by molar-refractivity contribution is 0.0925. The molecule has 36 heavy (non-hydrogen) atoms. The predicted molar refractivity (Wildman–Crippen MR) is 136 cm³/mol. The number of hydrogen-bond acceptors (Lipinski definition) is 7. The molecule has 0 spiro atoms. The van der Waals surface area contributed by atoms with Crippen LogP contribution in [0.15, 0.2) is 58.9 Å². The molecule has 6 rings (SSSR count). The molecule has 5 aromatic heterocycles. The highest BCUT2D eigenvalue weighted by Crippen LogP contribution is 2.36. The Morgan fingerprint density at radius 3 is 2.89 bits per heavy atom. The molecule has 1 N–H and O–H groups in total. The Hall–Kier alpha value is -3.51. The van der Waals surface area contributed by atoms with Crippen LogP contribution in [-0.4, -0.2) is 46.5 Å². The maximum atomic E-state index is 14.9. The summed E-state index contributed by atoms with van der Waals surface area (Å²) in [6.45, 7) is 0. The number of carbonyl (C=O) groups is 1. The van der Waals surface area contributed by atoms with E-state index in [0.717, 1.165) is 28.6 Å². The maximum Gasteiger partial charge on any atom is 0.261 e. The third kappa shape index (κ3) is 4.30. The molecule has 1 aliphatic rings. The highest BCUT2D eigenvalue weighted by Gasteiger charge is 2.30. The Morgan fingerprint density at radius 2 is 2.11 bits per heavy atom. The molecule has 2 atom stereocenters. The first-order chi connectivity index (χ1) is 17.6. The van der Waals surface area contributed by atoms with Gasteiger partial charge in [-0.1, -0.05) is 5.21 Å². The van der Waals surface area contributed by atoms with Crippen LogP contribution in [0.5, 0.6) is 0 Å². The van der Waals surface area contributed by atoms with Gasteiger partial charge in [-0.3, -0.25) is 4.79 Å². The molecule has 12 heteroatoms. The number of pyridine rings is 2. The molecule has 0 saturated heterocycles. The van der Waals surface area contributed by atoms with Gasteiger partial charge in [-0.2, -0.15) is 0 Å². The first-order valence-corrected chi connectivity index (χ1v) is 13.1. The van der Waals surface area contributed by atoms with Gasteiger partial charge in [0.05, 0.1) is 32.8 Å². The molecule has 0 aromatic carbocycles. The first kappa shape index (κ1) is 22.9. The third-order valence-electron chi connectivity index (χ3n) is 6.33. The van der Waals surface area contributed by atoms with Crippen molar-refractivity contribution in [2.24, 2.45) is 0 Å². The van der Waals surface area contributed by atoms with Crippen molar-refractivity contribution in [3.63, 3.8) is 0 Å². The van der Waals surface area contributed by atoms with Crippen LogP contribution in [-0.2, 0) is 0 Å². The second-order valence-electron chi connectivity index (χ2n) is 8.61. The Balaban J connectivity index is 1.40. The zero-order chi connectivity index (χ0) is 24.6. The second-order valence-corrected chi connectivity index (χ2v) is 11.1. The zero-order valence-corrected chi connectivity index (χ0v) is 21.3. The summed E-state index contributed by atoms with van der Waals surface area (Å²) in [5.74, 6) is 0.501. The Bertz CT molecular complexity index is 1550. The van der Waals surface area contributed by atoms with E-state index in [4.69, 9.17) is 4.98 Å². The van der Waals surface area contributed by atoms with Crippen molar-refractivity contribution in [1.82, 2.24) is 39.8 Å². The summed E-state index contributed by atoms with van der Waals surface area (Å²) in [6, 6.07) is 8.47. The minimum absolute atomic E-state index is 0.0207. The number of amides is 1. The molecule has 1 saturated carbocycles. The topological polar surface area (TPSA) is 103 Å². The standard InChI is InChI=1S/C24H20BrFN8OS/c25-20-7-6-19(36-20)24(35)30-14-3-1-4-15(11-14)34-18-12-21(33-10-9-29-32-33)28-13-17(18)31-23(34)22-16(26)5-2-8-27-22/h2,5-10,12-15H,1,3-4,11H2,(H,30,35)/t14-,15+/m0/s1. The van der Waals surface area contributed by atoms with E-state index in [0.29, 0.717) is 28.5 Å². The molecular formula is C24H20BrFN8OS. The van der Waals surface area contributed by atoms with E-state index < -0.39 is 5.82 Å². The summed E-state index contributed by atoms with van der Waals surface area (Å²) in [7, 11) is 0. The van der Waals surface area contributed by atoms with E-state index in [1.807, 2.05) is 22.8 Å². The van der Waals surface area contributed by atoms with E-state index >= 15 is 0 Å². The molecule has 1 aliphatic carbocycles. The van der Waals surface area contributed by atoms with Crippen molar-refractivity contribution in [1.29, 1.82) is 0 Å². The molecular weight excluding hydrogens is 547 g/mol. The smallest absolute Gasteiger partial charge is 0.261 e.